The lowest BCUT2D eigenvalue weighted by Crippen LogP contribution is -2.24. The van der Waals surface area contributed by atoms with E-state index in [4.69, 9.17) is 14.7 Å². The van der Waals surface area contributed by atoms with Crippen molar-refractivity contribution in [1.82, 2.24) is 18.9 Å². The molecule has 0 saturated carbocycles. The SMILES string of the molecule is COc1ccc(Cn2c(SCc3cn4cccc(C)c4n3)nc3ccccc3c2=O)cc1. The molecule has 0 fully saturated rings. The highest BCUT2D eigenvalue weighted by Crippen LogP contribution is 2.24. The maximum absolute atomic E-state index is 13.3. The maximum atomic E-state index is 13.3. The van der Waals surface area contributed by atoms with Crippen molar-refractivity contribution in [2.75, 3.05) is 7.11 Å². The number of aryl methyl sites for hydroxylation is 1. The number of methoxy groups -OCH3 is 1. The number of imidazole rings is 1. The standard InChI is InChI=1S/C25H22N4O2S/c1-17-6-5-13-28-15-19(26-23(17)28)16-32-25-27-22-8-4-3-7-21(22)24(30)29(25)14-18-9-11-20(31-2)12-10-18/h3-13,15H,14,16H2,1-2H3. The van der Waals surface area contributed by atoms with Crippen LogP contribution in [0.3, 0.4) is 0 Å². The second-order valence-electron chi connectivity index (χ2n) is 7.59. The fraction of sp³-hybridized carbons (Fsp3) is 0.160. The van der Waals surface area contributed by atoms with Crippen LogP contribution in [0.4, 0.5) is 0 Å². The molecule has 160 valence electrons. The monoisotopic (exact) mass is 442 g/mol. The molecule has 0 aliphatic rings. The molecular weight excluding hydrogens is 420 g/mol. The fourth-order valence-electron chi connectivity index (χ4n) is 3.72. The molecule has 0 aliphatic heterocycles. The first-order chi connectivity index (χ1) is 15.6. The Morgan fingerprint density at radius 1 is 1.00 bits per heavy atom. The van der Waals surface area contributed by atoms with E-state index in [9.17, 15) is 4.79 Å². The second-order valence-corrected chi connectivity index (χ2v) is 8.54. The van der Waals surface area contributed by atoms with Crippen LogP contribution in [0, 0.1) is 6.92 Å². The van der Waals surface area contributed by atoms with E-state index in [2.05, 4.69) is 13.0 Å². The first-order valence-corrected chi connectivity index (χ1v) is 11.3. The second kappa shape index (κ2) is 8.51. The molecule has 0 amide bonds. The molecule has 0 unspecified atom stereocenters. The minimum absolute atomic E-state index is 0.0419. The summed E-state index contributed by atoms with van der Waals surface area (Å²) in [6.45, 7) is 2.49. The van der Waals surface area contributed by atoms with Crippen LogP contribution in [-0.4, -0.2) is 26.0 Å². The number of rotatable bonds is 6. The lowest BCUT2D eigenvalue weighted by Gasteiger charge is -2.13. The molecule has 0 N–H and O–H groups in total. The molecule has 0 aliphatic carbocycles. The van der Waals surface area contributed by atoms with Gasteiger partial charge in [-0.05, 0) is 48.4 Å². The van der Waals surface area contributed by atoms with E-state index in [0.717, 1.165) is 28.2 Å². The summed E-state index contributed by atoms with van der Waals surface area (Å²) in [4.78, 5) is 22.9. The Kier molecular flexibility index (Phi) is 5.41. The quantitative estimate of drug-likeness (QED) is 0.282. The zero-order valence-corrected chi connectivity index (χ0v) is 18.7. The van der Waals surface area contributed by atoms with Crippen molar-refractivity contribution in [2.24, 2.45) is 0 Å². The topological polar surface area (TPSA) is 61.4 Å². The van der Waals surface area contributed by atoms with E-state index in [0.29, 0.717) is 28.4 Å². The average molecular weight is 443 g/mol. The smallest absolute Gasteiger partial charge is 0.262 e. The third kappa shape index (κ3) is 3.87. The number of ether oxygens (including phenoxy) is 1. The van der Waals surface area contributed by atoms with Gasteiger partial charge in [0.2, 0.25) is 0 Å². The van der Waals surface area contributed by atoms with Crippen LogP contribution in [0.5, 0.6) is 5.75 Å². The third-order valence-corrected chi connectivity index (χ3v) is 6.41. The van der Waals surface area contributed by atoms with Crippen LogP contribution in [0.1, 0.15) is 16.8 Å². The highest BCUT2D eigenvalue weighted by atomic mass is 32.2. The Hall–Kier alpha value is -3.58. The van der Waals surface area contributed by atoms with E-state index in [1.54, 1.807) is 11.7 Å². The summed E-state index contributed by atoms with van der Waals surface area (Å²) in [5.74, 6) is 1.41. The number of hydrogen-bond donors (Lipinski definition) is 0. The van der Waals surface area contributed by atoms with Gasteiger partial charge in [-0.25, -0.2) is 9.97 Å². The number of benzene rings is 2. The van der Waals surface area contributed by atoms with E-state index in [1.807, 2.05) is 71.4 Å². The van der Waals surface area contributed by atoms with Crippen LogP contribution in [0.15, 0.2) is 83.0 Å². The van der Waals surface area contributed by atoms with Crippen molar-refractivity contribution in [3.8, 4) is 5.75 Å². The molecule has 7 heteroatoms. The molecule has 0 bridgehead atoms. The summed E-state index contributed by atoms with van der Waals surface area (Å²) in [7, 11) is 1.64. The summed E-state index contributed by atoms with van der Waals surface area (Å²) in [5, 5.41) is 1.30. The molecule has 0 spiro atoms. The molecule has 5 aromatic rings. The molecule has 3 aromatic heterocycles. The number of hydrogen-bond acceptors (Lipinski definition) is 5. The average Bonchev–Trinajstić information content (AvgIpc) is 3.25. The maximum Gasteiger partial charge on any atom is 0.262 e. The lowest BCUT2D eigenvalue weighted by atomic mass is 10.2. The van der Waals surface area contributed by atoms with Gasteiger partial charge in [-0.3, -0.25) is 9.36 Å². The van der Waals surface area contributed by atoms with Crippen LogP contribution in [-0.2, 0) is 12.3 Å². The van der Waals surface area contributed by atoms with Crippen molar-refractivity contribution in [2.45, 2.75) is 24.4 Å². The third-order valence-electron chi connectivity index (χ3n) is 5.40. The molecule has 0 saturated heterocycles. The predicted octanol–water partition coefficient (Wildman–Crippen LogP) is 4.70. The largest absolute Gasteiger partial charge is 0.497 e. The van der Waals surface area contributed by atoms with Gasteiger partial charge in [0, 0.05) is 18.1 Å². The van der Waals surface area contributed by atoms with Gasteiger partial charge in [0.05, 0.1) is 30.3 Å². The molecule has 0 radical (unpaired) electrons. The lowest BCUT2D eigenvalue weighted by molar-refractivity contribution is 0.414. The molecule has 0 atom stereocenters. The minimum Gasteiger partial charge on any atom is -0.497 e. The molecule has 5 rings (SSSR count). The Morgan fingerprint density at radius 3 is 2.59 bits per heavy atom. The highest BCUT2D eigenvalue weighted by Gasteiger charge is 2.13. The molecule has 6 nitrogen and oxygen atoms in total. The summed E-state index contributed by atoms with van der Waals surface area (Å²) >= 11 is 1.53. The van der Waals surface area contributed by atoms with Gasteiger partial charge < -0.3 is 9.14 Å². The van der Waals surface area contributed by atoms with Gasteiger partial charge >= 0.3 is 0 Å². The number of fused-ring (bicyclic) bond motifs is 2. The van der Waals surface area contributed by atoms with E-state index >= 15 is 0 Å². The number of nitrogens with zero attached hydrogens (tertiary/aromatic N) is 4. The van der Waals surface area contributed by atoms with Crippen molar-refractivity contribution in [3.05, 3.63) is 100 Å². The first kappa shape index (κ1) is 20.3. The zero-order valence-electron chi connectivity index (χ0n) is 17.9. The number of thioether (sulfide) groups is 1. The predicted molar refractivity (Wildman–Crippen MR) is 128 cm³/mol. The van der Waals surface area contributed by atoms with Crippen LogP contribution in [0.2, 0.25) is 0 Å². The Labute approximate surface area is 189 Å². The summed E-state index contributed by atoms with van der Waals surface area (Å²) in [5.41, 5.74) is 4.70. The first-order valence-electron chi connectivity index (χ1n) is 10.3. The number of aromatic nitrogens is 4. The molecular formula is C25H22N4O2S. The van der Waals surface area contributed by atoms with Crippen LogP contribution < -0.4 is 10.3 Å². The highest BCUT2D eigenvalue weighted by molar-refractivity contribution is 7.98. The van der Waals surface area contributed by atoms with Gasteiger partial charge in [-0.15, -0.1) is 0 Å². The summed E-state index contributed by atoms with van der Waals surface area (Å²) in [6.07, 6.45) is 4.03. The van der Waals surface area contributed by atoms with Gasteiger partial charge in [-0.1, -0.05) is 42.1 Å². The zero-order chi connectivity index (χ0) is 22.1. The summed E-state index contributed by atoms with van der Waals surface area (Å²) < 4.78 is 9.03. The summed E-state index contributed by atoms with van der Waals surface area (Å²) in [6, 6.07) is 19.3. The molecule has 3 heterocycles. The van der Waals surface area contributed by atoms with Crippen molar-refractivity contribution in [3.63, 3.8) is 0 Å². The van der Waals surface area contributed by atoms with Gasteiger partial charge in [0.25, 0.3) is 5.56 Å². The minimum atomic E-state index is -0.0419. The fourth-order valence-corrected chi connectivity index (χ4v) is 4.61. The number of pyridine rings is 1. The normalized spacial score (nSPS) is 11.3. The van der Waals surface area contributed by atoms with Gasteiger partial charge in [-0.2, -0.15) is 0 Å². The number of para-hydroxylation sites is 1. The van der Waals surface area contributed by atoms with E-state index in [-0.39, 0.29) is 5.56 Å². The van der Waals surface area contributed by atoms with Crippen LogP contribution >= 0.6 is 11.8 Å². The molecule has 32 heavy (non-hydrogen) atoms. The van der Waals surface area contributed by atoms with Gasteiger partial charge in [0.15, 0.2) is 5.16 Å². The molecule has 2 aromatic carbocycles. The van der Waals surface area contributed by atoms with Crippen molar-refractivity contribution < 1.29 is 4.74 Å². The van der Waals surface area contributed by atoms with Crippen molar-refractivity contribution >= 4 is 28.3 Å². The van der Waals surface area contributed by atoms with Crippen LogP contribution in [0.25, 0.3) is 16.6 Å². The Balaban J connectivity index is 1.51. The Morgan fingerprint density at radius 2 is 1.81 bits per heavy atom. The Bertz CT molecular complexity index is 1470. The van der Waals surface area contributed by atoms with Gasteiger partial charge in [0.1, 0.15) is 11.4 Å². The van der Waals surface area contributed by atoms with E-state index in [1.165, 1.54) is 11.8 Å². The van der Waals surface area contributed by atoms with E-state index < -0.39 is 0 Å². The van der Waals surface area contributed by atoms with Crippen molar-refractivity contribution in [1.29, 1.82) is 0 Å².